The third-order valence-electron chi connectivity index (χ3n) is 3.10. The molecule has 0 atom stereocenters. The van der Waals surface area contributed by atoms with Gasteiger partial charge in [0.05, 0.1) is 0 Å². The van der Waals surface area contributed by atoms with Crippen LogP contribution in [0.5, 0.6) is 11.6 Å². The molecule has 0 aliphatic heterocycles. The highest BCUT2D eigenvalue weighted by Gasteiger charge is 2.19. The molecule has 1 aliphatic rings. The largest absolute Gasteiger partial charge is 0.434 e. The van der Waals surface area contributed by atoms with Crippen LogP contribution < -0.4 is 10.5 Å². The zero-order chi connectivity index (χ0) is 14.3. The van der Waals surface area contributed by atoms with E-state index in [2.05, 4.69) is 9.97 Å². The number of anilines is 1. The molecule has 0 amide bonds. The number of nitrogens with two attached hydrogens (primary N) is 1. The topological polar surface area (TPSA) is 61.0 Å². The summed E-state index contributed by atoms with van der Waals surface area (Å²) in [4.78, 5) is 7.58. The number of ether oxygens (including phenoxy) is 1. The van der Waals surface area contributed by atoms with Crippen LogP contribution in [0.3, 0.4) is 0 Å². The van der Waals surface area contributed by atoms with Gasteiger partial charge in [-0.2, -0.15) is 4.98 Å². The quantitative estimate of drug-likeness (QED) is 0.859. The number of fused-ring (bicyclic) bond motifs is 1. The highest BCUT2D eigenvalue weighted by molar-refractivity contribution is 6.32. The Morgan fingerprint density at radius 2 is 2.15 bits per heavy atom. The Bertz CT molecular complexity index is 731. The van der Waals surface area contributed by atoms with Crippen molar-refractivity contribution in [1.82, 2.24) is 9.97 Å². The average Bonchev–Trinajstić information content (AvgIpc) is 2.80. The molecule has 2 N–H and O–H groups in total. The summed E-state index contributed by atoms with van der Waals surface area (Å²) in [5.41, 5.74) is 8.39. The van der Waals surface area contributed by atoms with Gasteiger partial charge in [0.25, 0.3) is 0 Å². The van der Waals surface area contributed by atoms with Crippen molar-refractivity contribution in [1.29, 1.82) is 0 Å². The van der Waals surface area contributed by atoms with Crippen LogP contribution in [0, 0.1) is 5.82 Å². The van der Waals surface area contributed by atoms with Crippen molar-refractivity contribution >= 4 is 23.4 Å². The summed E-state index contributed by atoms with van der Waals surface area (Å²) in [5.74, 6) is -0.313. The minimum atomic E-state index is -0.423. The lowest BCUT2D eigenvalue weighted by atomic mass is 10.1. The van der Waals surface area contributed by atoms with Gasteiger partial charge in [0.15, 0.2) is 16.7 Å². The highest BCUT2D eigenvalue weighted by atomic mass is 35.5. The van der Waals surface area contributed by atoms with Crippen LogP contribution in [0.25, 0.3) is 6.08 Å². The number of halogens is 2. The summed E-state index contributed by atoms with van der Waals surface area (Å²) in [6, 6.07) is 3.40. The molecular formula is C14H11ClFN3O. The number of nitrogen functional groups attached to an aromatic ring is 1. The van der Waals surface area contributed by atoms with E-state index in [0.717, 1.165) is 17.6 Å². The Morgan fingerprint density at radius 3 is 2.95 bits per heavy atom. The second-order valence-corrected chi connectivity index (χ2v) is 4.96. The van der Waals surface area contributed by atoms with E-state index in [9.17, 15) is 4.39 Å². The molecule has 20 heavy (non-hydrogen) atoms. The van der Waals surface area contributed by atoms with E-state index in [4.69, 9.17) is 22.1 Å². The molecule has 0 spiro atoms. The van der Waals surface area contributed by atoms with E-state index in [0.29, 0.717) is 5.56 Å². The fraction of sp³-hybridized carbons (Fsp3) is 0.143. The zero-order valence-corrected chi connectivity index (χ0v) is 11.4. The normalized spacial score (nSPS) is 13.1. The van der Waals surface area contributed by atoms with Crippen molar-refractivity contribution in [2.24, 2.45) is 0 Å². The third kappa shape index (κ3) is 2.10. The first-order valence-electron chi connectivity index (χ1n) is 5.98. The Hall–Kier alpha value is -2.14. The first kappa shape index (κ1) is 12.9. The van der Waals surface area contributed by atoms with Gasteiger partial charge in [0.1, 0.15) is 12.0 Å². The van der Waals surface area contributed by atoms with Crippen LogP contribution in [0.15, 0.2) is 24.0 Å². The molecule has 0 saturated heterocycles. The van der Waals surface area contributed by atoms with Crippen LogP contribution in [0.2, 0.25) is 5.15 Å². The van der Waals surface area contributed by atoms with Crippen LogP contribution in [-0.4, -0.2) is 9.97 Å². The predicted octanol–water partition coefficient (Wildman–Crippen LogP) is 3.60. The predicted molar refractivity (Wildman–Crippen MR) is 75.3 cm³/mol. The molecule has 0 saturated carbocycles. The van der Waals surface area contributed by atoms with Gasteiger partial charge < -0.3 is 10.5 Å². The summed E-state index contributed by atoms with van der Waals surface area (Å²) in [7, 11) is 0. The summed E-state index contributed by atoms with van der Waals surface area (Å²) >= 11 is 5.77. The minimum absolute atomic E-state index is 0.0440. The minimum Gasteiger partial charge on any atom is -0.434 e. The van der Waals surface area contributed by atoms with E-state index in [1.165, 1.54) is 6.33 Å². The summed E-state index contributed by atoms with van der Waals surface area (Å²) in [5, 5.41) is 0.0762. The molecule has 1 aliphatic carbocycles. The third-order valence-corrected chi connectivity index (χ3v) is 3.40. The molecule has 0 unspecified atom stereocenters. The van der Waals surface area contributed by atoms with E-state index in [1.807, 2.05) is 19.1 Å². The van der Waals surface area contributed by atoms with E-state index in [1.54, 1.807) is 6.07 Å². The number of nitrogens with zero attached hydrogens (tertiary/aromatic N) is 2. The Morgan fingerprint density at radius 1 is 1.35 bits per heavy atom. The first-order valence-corrected chi connectivity index (χ1v) is 6.36. The molecule has 102 valence electrons. The van der Waals surface area contributed by atoms with Gasteiger partial charge in [-0.25, -0.2) is 9.37 Å². The Balaban J connectivity index is 2.00. The molecule has 1 aromatic heterocycles. The standard InChI is InChI=1S/C14H11ClFN3O/c1-7-4-8-2-3-10(11(16)9(8)5-7)20-14-12(17)13(15)18-6-19-14/h2-3,5-6H,4,17H2,1H3. The second-order valence-electron chi connectivity index (χ2n) is 4.60. The highest BCUT2D eigenvalue weighted by Crippen LogP contribution is 2.35. The van der Waals surface area contributed by atoms with Crippen LogP contribution >= 0.6 is 11.6 Å². The van der Waals surface area contributed by atoms with Gasteiger partial charge in [-0.05, 0) is 25.0 Å². The Kier molecular flexibility index (Phi) is 3.06. The lowest BCUT2D eigenvalue weighted by Crippen LogP contribution is -2.00. The van der Waals surface area contributed by atoms with E-state index >= 15 is 0 Å². The van der Waals surface area contributed by atoms with Crippen molar-refractivity contribution < 1.29 is 9.13 Å². The van der Waals surface area contributed by atoms with Crippen LogP contribution in [0.4, 0.5) is 10.1 Å². The van der Waals surface area contributed by atoms with E-state index < -0.39 is 5.82 Å². The smallest absolute Gasteiger partial charge is 0.247 e. The average molecular weight is 292 g/mol. The maximum Gasteiger partial charge on any atom is 0.247 e. The molecule has 0 bridgehead atoms. The maximum absolute atomic E-state index is 14.4. The first-order chi connectivity index (χ1) is 9.56. The van der Waals surface area contributed by atoms with Crippen molar-refractivity contribution in [2.75, 3.05) is 5.73 Å². The van der Waals surface area contributed by atoms with Crippen molar-refractivity contribution in [3.8, 4) is 11.6 Å². The molecule has 6 heteroatoms. The SMILES string of the molecule is CC1=Cc2c(ccc(Oc3ncnc(Cl)c3N)c2F)C1. The summed E-state index contributed by atoms with van der Waals surface area (Å²) in [6.07, 6.45) is 3.78. The second kappa shape index (κ2) is 4.76. The molecule has 2 aromatic rings. The van der Waals surface area contributed by atoms with Crippen LogP contribution in [-0.2, 0) is 6.42 Å². The number of hydrogen-bond acceptors (Lipinski definition) is 4. The fourth-order valence-corrected chi connectivity index (χ4v) is 2.27. The number of aromatic nitrogens is 2. The molecule has 0 radical (unpaired) electrons. The molecule has 1 heterocycles. The van der Waals surface area contributed by atoms with Gasteiger partial charge in [-0.15, -0.1) is 0 Å². The Labute approximate surface area is 120 Å². The molecule has 4 nitrogen and oxygen atoms in total. The van der Waals surface area contributed by atoms with Crippen molar-refractivity contribution in [2.45, 2.75) is 13.3 Å². The van der Waals surface area contributed by atoms with Gasteiger partial charge in [-0.1, -0.05) is 29.3 Å². The van der Waals surface area contributed by atoms with Crippen LogP contribution in [0.1, 0.15) is 18.1 Å². The summed E-state index contributed by atoms with van der Waals surface area (Å²) in [6.45, 7) is 1.96. The lowest BCUT2D eigenvalue weighted by Gasteiger charge is -2.10. The molecular weight excluding hydrogens is 281 g/mol. The molecule has 3 rings (SSSR count). The maximum atomic E-state index is 14.4. The zero-order valence-electron chi connectivity index (χ0n) is 10.7. The van der Waals surface area contributed by atoms with Gasteiger partial charge in [0.2, 0.25) is 5.88 Å². The number of hydrogen-bond donors (Lipinski definition) is 1. The molecule has 0 fully saturated rings. The van der Waals surface area contributed by atoms with Crippen molar-refractivity contribution in [3.05, 3.63) is 46.1 Å². The lowest BCUT2D eigenvalue weighted by molar-refractivity contribution is 0.428. The fourth-order valence-electron chi connectivity index (χ4n) is 2.14. The van der Waals surface area contributed by atoms with Gasteiger partial charge >= 0.3 is 0 Å². The molecule has 1 aromatic carbocycles. The number of allylic oxidation sites excluding steroid dienone is 1. The number of benzene rings is 1. The van der Waals surface area contributed by atoms with Gasteiger partial charge in [0, 0.05) is 5.56 Å². The van der Waals surface area contributed by atoms with Crippen molar-refractivity contribution in [3.63, 3.8) is 0 Å². The number of rotatable bonds is 2. The summed E-state index contributed by atoms with van der Waals surface area (Å²) < 4.78 is 19.8. The monoisotopic (exact) mass is 291 g/mol. The van der Waals surface area contributed by atoms with Gasteiger partial charge in [-0.3, -0.25) is 0 Å². The van der Waals surface area contributed by atoms with E-state index in [-0.39, 0.29) is 22.5 Å².